The molecule has 0 saturated carbocycles. The Balaban J connectivity index is 0.00000576. The van der Waals surface area contributed by atoms with Crippen LogP contribution in [0.3, 0.4) is 0 Å². The molecule has 0 unspecified atom stereocenters. The topological polar surface area (TPSA) is 87.2 Å². The molecule has 0 radical (unpaired) electrons. The van der Waals surface area contributed by atoms with E-state index in [2.05, 4.69) is 25.8 Å². The van der Waals surface area contributed by atoms with E-state index in [1.165, 1.54) is 0 Å². The zero-order valence-corrected chi connectivity index (χ0v) is 18.0. The van der Waals surface area contributed by atoms with Crippen molar-refractivity contribution in [3.63, 3.8) is 0 Å². The number of ether oxygens (including phenoxy) is 2. The van der Waals surface area contributed by atoms with Gasteiger partial charge in [-0.3, -0.25) is 9.79 Å². The van der Waals surface area contributed by atoms with Gasteiger partial charge in [-0.25, -0.2) is 0 Å². The molecule has 1 saturated heterocycles. The Bertz CT molecular complexity index is 377. The molecular weight excluding hydrogens is 437 g/mol. The molecule has 8 nitrogen and oxygen atoms in total. The van der Waals surface area contributed by atoms with E-state index in [1.807, 2.05) is 0 Å². The van der Waals surface area contributed by atoms with Crippen molar-refractivity contribution in [2.24, 2.45) is 4.99 Å². The fourth-order valence-corrected chi connectivity index (χ4v) is 2.64. The average Bonchev–Trinajstić information content (AvgIpc) is 2.60. The third-order valence-corrected chi connectivity index (χ3v) is 4.02. The van der Waals surface area contributed by atoms with Crippen LogP contribution in [0.25, 0.3) is 0 Å². The smallest absolute Gasteiger partial charge is 0.239 e. The van der Waals surface area contributed by atoms with Crippen molar-refractivity contribution in [2.45, 2.75) is 25.3 Å². The Morgan fingerprint density at radius 3 is 2.44 bits per heavy atom. The molecule has 0 aromatic rings. The summed E-state index contributed by atoms with van der Waals surface area (Å²) in [7, 11) is 5.07. The molecule has 1 heterocycles. The van der Waals surface area contributed by atoms with E-state index in [-0.39, 0.29) is 36.4 Å². The molecule has 0 atom stereocenters. The number of guanidine groups is 1. The second-order valence-electron chi connectivity index (χ2n) is 5.88. The van der Waals surface area contributed by atoms with Crippen molar-refractivity contribution >= 4 is 35.8 Å². The van der Waals surface area contributed by atoms with Gasteiger partial charge in [0.05, 0.1) is 13.2 Å². The molecule has 25 heavy (non-hydrogen) atoms. The van der Waals surface area contributed by atoms with Gasteiger partial charge in [-0.2, -0.15) is 0 Å². The normalized spacial score (nSPS) is 16.2. The molecule has 0 aromatic heterocycles. The standard InChI is InChI=1S/C16H33N5O3.HI/c1-17-16(19-13-15(22)18-7-12-24-3)20-14-5-9-21(10-6-14)8-4-11-23-2;/h14H,4-13H2,1-3H3,(H,18,22)(H2,17,19,20);1H. The number of methoxy groups -OCH3 is 2. The number of nitrogens with zero attached hydrogens (tertiary/aromatic N) is 2. The van der Waals surface area contributed by atoms with Gasteiger partial charge in [-0.1, -0.05) is 0 Å². The Labute approximate surface area is 168 Å². The summed E-state index contributed by atoms with van der Waals surface area (Å²) in [5.41, 5.74) is 0. The van der Waals surface area contributed by atoms with E-state index in [9.17, 15) is 4.79 Å². The predicted octanol–water partition coefficient (Wildman–Crippen LogP) is 0.0329. The average molecular weight is 471 g/mol. The first-order valence-electron chi connectivity index (χ1n) is 8.63. The number of carbonyl (C=O) groups excluding carboxylic acids is 1. The lowest BCUT2D eigenvalue weighted by Gasteiger charge is -2.33. The van der Waals surface area contributed by atoms with Gasteiger partial charge in [-0.05, 0) is 19.3 Å². The SMILES string of the molecule is CN=C(NCC(=O)NCCOC)NC1CCN(CCCOC)CC1.I. The minimum atomic E-state index is -0.0667. The molecule has 1 amide bonds. The highest BCUT2D eigenvalue weighted by Gasteiger charge is 2.19. The largest absolute Gasteiger partial charge is 0.385 e. The Kier molecular flexibility index (Phi) is 15.2. The number of hydrogen-bond donors (Lipinski definition) is 3. The second-order valence-corrected chi connectivity index (χ2v) is 5.88. The number of amides is 1. The van der Waals surface area contributed by atoms with E-state index < -0.39 is 0 Å². The van der Waals surface area contributed by atoms with Gasteiger partial charge in [0.15, 0.2) is 5.96 Å². The van der Waals surface area contributed by atoms with Crippen molar-refractivity contribution in [2.75, 3.05) is 67.2 Å². The zero-order valence-electron chi connectivity index (χ0n) is 15.7. The van der Waals surface area contributed by atoms with Crippen LogP contribution in [0.15, 0.2) is 4.99 Å². The second kappa shape index (κ2) is 15.6. The summed E-state index contributed by atoms with van der Waals surface area (Å²) < 4.78 is 9.99. The summed E-state index contributed by atoms with van der Waals surface area (Å²) in [6.07, 6.45) is 3.23. The highest BCUT2D eigenvalue weighted by atomic mass is 127. The first-order valence-corrected chi connectivity index (χ1v) is 8.63. The number of carbonyl (C=O) groups is 1. The minimum absolute atomic E-state index is 0. The summed E-state index contributed by atoms with van der Waals surface area (Å²) in [5.74, 6) is 0.609. The molecule has 1 aliphatic rings. The molecule has 1 fully saturated rings. The lowest BCUT2D eigenvalue weighted by Crippen LogP contribution is -2.50. The van der Waals surface area contributed by atoms with E-state index in [4.69, 9.17) is 9.47 Å². The Morgan fingerprint density at radius 1 is 1.16 bits per heavy atom. The molecule has 148 valence electrons. The minimum Gasteiger partial charge on any atom is -0.385 e. The molecule has 1 rings (SSSR count). The molecule has 9 heteroatoms. The molecule has 0 spiro atoms. The fourth-order valence-electron chi connectivity index (χ4n) is 2.64. The van der Waals surface area contributed by atoms with Gasteiger partial charge < -0.3 is 30.3 Å². The summed E-state index contributed by atoms with van der Waals surface area (Å²) in [4.78, 5) is 18.3. The van der Waals surface area contributed by atoms with E-state index in [0.29, 0.717) is 25.2 Å². The maximum absolute atomic E-state index is 11.7. The summed E-state index contributed by atoms with van der Waals surface area (Å²) in [5, 5.41) is 9.22. The summed E-state index contributed by atoms with van der Waals surface area (Å²) >= 11 is 0. The summed E-state index contributed by atoms with van der Waals surface area (Å²) in [6, 6.07) is 0.395. The highest BCUT2D eigenvalue weighted by Crippen LogP contribution is 2.10. The van der Waals surface area contributed by atoms with Crippen LogP contribution in [0.1, 0.15) is 19.3 Å². The van der Waals surface area contributed by atoms with Crippen LogP contribution in [0.2, 0.25) is 0 Å². The van der Waals surface area contributed by atoms with Gasteiger partial charge in [-0.15, -0.1) is 24.0 Å². The van der Waals surface area contributed by atoms with Crippen LogP contribution >= 0.6 is 24.0 Å². The lowest BCUT2D eigenvalue weighted by molar-refractivity contribution is -0.120. The van der Waals surface area contributed by atoms with Crippen molar-refractivity contribution < 1.29 is 14.3 Å². The van der Waals surface area contributed by atoms with Crippen LogP contribution in [0.5, 0.6) is 0 Å². The first kappa shape index (κ1) is 24.4. The summed E-state index contributed by atoms with van der Waals surface area (Å²) in [6.45, 7) is 5.31. The predicted molar refractivity (Wildman–Crippen MR) is 111 cm³/mol. The molecule has 3 N–H and O–H groups in total. The first-order chi connectivity index (χ1) is 11.7. The maximum Gasteiger partial charge on any atom is 0.239 e. The van der Waals surface area contributed by atoms with E-state index >= 15 is 0 Å². The molecule has 0 aliphatic carbocycles. The van der Waals surface area contributed by atoms with Crippen molar-refractivity contribution in [3.05, 3.63) is 0 Å². The van der Waals surface area contributed by atoms with Crippen LogP contribution < -0.4 is 16.0 Å². The Hall–Kier alpha value is -0.650. The monoisotopic (exact) mass is 471 g/mol. The molecule has 1 aliphatic heterocycles. The number of likely N-dealkylation sites (tertiary alicyclic amines) is 1. The number of nitrogens with one attached hydrogen (secondary N) is 3. The molecule has 0 aromatic carbocycles. The van der Waals surface area contributed by atoms with Gasteiger partial charge in [0, 0.05) is 60.1 Å². The van der Waals surface area contributed by atoms with Crippen molar-refractivity contribution in [1.29, 1.82) is 0 Å². The number of piperidine rings is 1. The number of halogens is 1. The van der Waals surface area contributed by atoms with Crippen LogP contribution in [0, 0.1) is 0 Å². The third-order valence-electron chi connectivity index (χ3n) is 4.02. The van der Waals surface area contributed by atoms with Crippen molar-refractivity contribution in [3.8, 4) is 0 Å². The van der Waals surface area contributed by atoms with Crippen LogP contribution in [-0.2, 0) is 14.3 Å². The molecule has 0 bridgehead atoms. The van der Waals surface area contributed by atoms with Gasteiger partial charge >= 0.3 is 0 Å². The van der Waals surface area contributed by atoms with E-state index in [0.717, 1.165) is 45.5 Å². The van der Waals surface area contributed by atoms with Crippen LogP contribution in [-0.4, -0.2) is 90.0 Å². The number of aliphatic imine (C=N–C) groups is 1. The fraction of sp³-hybridized carbons (Fsp3) is 0.875. The lowest BCUT2D eigenvalue weighted by atomic mass is 10.1. The van der Waals surface area contributed by atoms with Gasteiger partial charge in [0.25, 0.3) is 0 Å². The zero-order chi connectivity index (χ0) is 17.6. The van der Waals surface area contributed by atoms with E-state index in [1.54, 1.807) is 21.3 Å². The highest BCUT2D eigenvalue weighted by molar-refractivity contribution is 14.0. The molecular formula is C16H34IN5O3. The third kappa shape index (κ3) is 11.6. The quantitative estimate of drug-likeness (QED) is 0.181. The number of rotatable bonds is 10. The van der Waals surface area contributed by atoms with Crippen molar-refractivity contribution in [1.82, 2.24) is 20.9 Å². The number of hydrogen-bond acceptors (Lipinski definition) is 5. The maximum atomic E-state index is 11.7. The van der Waals surface area contributed by atoms with Gasteiger partial charge in [0.2, 0.25) is 5.91 Å². The Morgan fingerprint density at radius 2 is 1.84 bits per heavy atom. The van der Waals surface area contributed by atoms with Gasteiger partial charge in [0.1, 0.15) is 0 Å². The van der Waals surface area contributed by atoms with Crippen LogP contribution in [0.4, 0.5) is 0 Å².